The van der Waals surface area contributed by atoms with Crippen molar-refractivity contribution in [2.45, 2.75) is 0 Å². The molecular weight excluding hydrogens is 202 g/mol. The van der Waals surface area contributed by atoms with Gasteiger partial charge in [-0.25, -0.2) is 0 Å². The molecular formula is C9H8ClN3O. The molecule has 0 aliphatic carbocycles. The van der Waals surface area contributed by atoms with Crippen LogP contribution in [-0.2, 0) is 0 Å². The van der Waals surface area contributed by atoms with Gasteiger partial charge in [0.1, 0.15) is 11.6 Å². The molecule has 0 fully saturated rings. The number of phenolic OH excluding ortho intramolecular Hbond substituents is 1. The van der Waals surface area contributed by atoms with Gasteiger partial charge in [-0.05, 0) is 18.2 Å². The Balaban J connectivity index is 2.62. The van der Waals surface area contributed by atoms with E-state index in [-0.39, 0.29) is 5.75 Å². The van der Waals surface area contributed by atoms with Crippen molar-refractivity contribution in [3.8, 4) is 16.9 Å². The minimum atomic E-state index is 0.144. The molecule has 0 unspecified atom stereocenters. The number of aromatic amines is 1. The van der Waals surface area contributed by atoms with Gasteiger partial charge >= 0.3 is 0 Å². The van der Waals surface area contributed by atoms with Crippen molar-refractivity contribution in [2.75, 3.05) is 5.73 Å². The number of aromatic nitrogens is 2. The Morgan fingerprint density at radius 3 is 2.79 bits per heavy atom. The van der Waals surface area contributed by atoms with Crippen LogP contribution in [0.5, 0.6) is 5.75 Å². The molecule has 0 aliphatic rings. The largest absolute Gasteiger partial charge is 0.508 e. The summed E-state index contributed by atoms with van der Waals surface area (Å²) < 4.78 is 0. The zero-order valence-electron chi connectivity index (χ0n) is 7.16. The van der Waals surface area contributed by atoms with Crippen LogP contribution in [-0.4, -0.2) is 15.3 Å². The summed E-state index contributed by atoms with van der Waals surface area (Å²) in [5.41, 5.74) is 6.98. The molecule has 1 aromatic heterocycles. The Hall–Kier alpha value is -1.68. The molecule has 5 heteroatoms. The first-order valence-electron chi connectivity index (χ1n) is 3.96. The number of nitrogens with one attached hydrogen (secondary N) is 1. The van der Waals surface area contributed by atoms with Crippen LogP contribution in [0.4, 0.5) is 5.82 Å². The summed E-state index contributed by atoms with van der Waals surface area (Å²) in [6.45, 7) is 0. The van der Waals surface area contributed by atoms with Crippen LogP contribution in [0.2, 0.25) is 5.02 Å². The first kappa shape index (κ1) is 8.90. The monoisotopic (exact) mass is 209 g/mol. The maximum absolute atomic E-state index is 9.30. The van der Waals surface area contributed by atoms with E-state index in [0.29, 0.717) is 22.0 Å². The van der Waals surface area contributed by atoms with Gasteiger partial charge in [-0.15, -0.1) is 0 Å². The number of benzene rings is 1. The van der Waals surface area contributed by atoms with E-state index in [4.69, 9.17) is 17.3 Å². The summed E-state index contributed by atoms with van der Waals surface area (Å²) in [5.74, 6) is 0.572. The summed E-state index contributed by atoms with van der Waals surface area (Å²) in [6, 6.07) is 4.67. The highest BCUT2D eigenvalue weighted by Crippen LogP contribution is 2.33. The van der Waals surface area contributed by atoms with Gasteiger partial charge in [0.2, 0.25) is 0 Å². The van der Waals surface area contributed by atoms with Gasteiger partial charge in [0.25, 0.3) is 0 Å². The Bertz CT molecular complexity index is 467. The predicted octanol–water partition coefficient (Wildman–Crippen LogP) is 2.02. The normalized spacial score (nSPS) is 10.4. The van der Waals surface area contributed by atoms with E-state index < -0.39 is 0 Å². The van der Waals surface area contributed by atoms with Gasteiger partial charge in [-0.1, -0.05) is 11.6 Å². The Morgan fingerprint density at radius 1 is 1.36 bits per heavy atom. The van der Waals surface area contributed by atoms with Gasteiger partial charge in [0.05, 0.1) is 6.20 Å². The molecule has 72 valence electrons. The summed E-state index contributed by atoms with van der Waals surface area (Å²) in [7, 11) is 0. The molecule has 0 saturated carbocycles. The summed E-state index contributed by atoms with van der Waals surface area (Å²) in [5, 5.41) is 16.2. The summed E-state index contributed by atoms with van der Waals surface area (Å²) in [6.07, 6.45) is 1.57. The summed E-state index contributed by atoms with van der Waals surface area (Å²) in [4.78, 5) is 0. The van der Waals surface area contributed by atoms with Crippen LogP contribution in [0.25, 0.3) is 11.1 Å². The molecule has 1 heterocycles. The number of hydrogen-bond donors (Lipinski definition) is 3. The van der Waals surface area contributed by atoms with Crippen molar-refractivity contribution in [1.29, 1.82) is 0 Å². The zero-order valence-corrected chi connectivity index (χ0v) is 7.92. The van der Waals surface area contributed by atoms with Gasteiger partial charge in [-0.2, -0.15) is 5.10 Å². The lowest BCUT2D eigenvalue weighted by Gasteiger charge is -2.02. The number of nitrogen functional groups attached to an aromatic ring is 1. The molecule has 0 spiro atoms. The number of hydrogen-bond acceptors (Lipinski definition) is 3. The average molecular weight is 210 g/mol. The van der Waals surface area contributed by atoms with E-state index >= 15 is 0 Å². The van der Waals surface area contributed by atoms with Gasteiger partial charge in [-0.3, -0.25) is 5.10 Å². The van der Waals surface area contributed by atoms with Crippen LogP contribution >= 0.6 is 11.6 Å². The average Bonchev–Trinajstić information content (AvgIpc) is 2.56. The Labute approximate surface area is 85.3 Å². The summed E-state index contributed by atoms with van der Waals surface area (Å²) >= 11 is 5.95. The second kappa shape index (κ2) is 3.23. The minimum absolute atomic E-state index is 0.144. The lowest BCUT2D eigenvalue weighted by Crippen LogP contribution is -1.88. The van der Waals surface area contributed by atoms with Crippen LogP contribution in [0.15, 0.2) is 24.4 Å². The molecule has 0 radical (unpaired) electrons. The van der Waals surface area contributed by atoms with E-state index in [9.17, 15) is 5.11 Å². The second-order valence-corrected chi connectivity index (χ2v) is 3.27. The molecule has 0 bridgehead atoms. The number of anilines is 1. The molecule has 2 aromatic rings. The zero-order chi connectivity index (χ0) is 10.1. The van der Waals surface area contributed by atoms with Crippen LogP contribution in [0.3, 0.4) is 0 Å². The van der Waals surface area contributed by atoms with Gasteiger partial charge in [0.15, 0.2) is 0 Å². The van der Waals surface area contributed by atoms with Gasteiger partial charge in [0, 0.05) is 16.1 Å². The van der Waals surface area contributed by atoms with Crippen LogP contribution in [0.1, 0.15) is 0 Å². The van der Waals surface area contributed by atoms with E-state index in [1.165, 1.54) is 6.07 Å². The number of phenols is 1. The smallest absolute Gasteiger partial charge is 0.126 e. The molecule has 0 atom stereocenters. The van der Waals surface area contributed by atoms with Crippen molar-refractivity contribution < 1.29 is 5.11 Å². The predicted molar refractivity (Wildman–Crippen MR) is 55.1 cm³/mol. The lowest BCUT2D eigenvalue weighted by atomic mass is 10.1. The third-order valence-corrected chi connectivity index (χ3v) is 2.24. The van der Waals surface area contributed by atoms with E-state index in [0.717, 1.165) is 0 Å². The van der Waals surface area contributed by atoms with Crippen molar-refractivity contribution in [1.82, 2.24) is 10.2 Å². The topological polar surface area (TPSA) is 74.9 Å². The fraction of sp³-hybridized carbons (Fsp3) is 0. The molecule has 1 aromatic carbocycles. The SMILES string of the molecule is Nc1[nH]ncc1-c1cc(O)ccc1Cl. The molecule has 4 N–H and O–H groups in total. The second-order valence-electron chi connectivity index (χ2n) is 2.86. The molecule has 2 rings (SSSR count). The van der Waals surface area contributed by atoms with Crippen molar-refractivity contribution in [2.24, 2.45) is 0 Å². The fourth-order valence-electron chi connectivity index (χ4n) is 1.23. The molecule has 0 saturated heterocycles. The number of nitrogens with two attached hydrogens (primary N) is 1. The highest BCUT2D eigenvalue weighted by molar-refractivity contribution is 6.33. The van der Waals surface area contributed by atoms with Crippen molar-refractivity contribution in [3.05, 3.63) is 29.4 Å². The van der Waals surface area contributed by atoms with Crippen molar-refractivity contribution in [3.63, 3.8) is 0 Å². The third-order valence-electron chi connectivity index (χ3n) is 1.91. The van der Waals surface area contributed by atoms with Crippen molar-refractivity contribution >= 4 is 17.4 Å². The third kappa shape index (κ3) is 1.40. The quantitative estimate of drug-likeness (QED) is 0.673. The highest BCUT2D eigenvalue weighted by atomic mass is 35.5. The minimum Gasteiger partial charge on any atom is -0.508 e. The van der Waals surface area contributed by atoms with Gasteiger partial charge < -0.3 is 10.8 Å². The molecule has 0 aliphatic heterocycles. The maximum atomic E-state index is 9.30. The standard InChI is InChI=1S/C9H8ClN3O/c10-8-2-1-5(14)3-6(8)7-4-12-13-9(7)11/h1-4,14H,(H3,11,12,13). The number of nitrogens with zero attached hydrogens (tertiary/aromatic N) is 1. The Morgan fingerprint density at radius 2 is 2.14 bits per heavy atom. The first-order chi connectivity index (χ1) is 6.68. The van der Waals surface area contributed by atoms with E-state index in [1.54, 1.807) is 18.3 Å². The lowest BCUT2D eigenvalue weighted by molar-refractivity contribution is 0.475. The first-order valence-corrected chi connectivity index (χ1v) is 4.34. The maximum Gasteiger partial charge on any atom is 0.126 e. The van der Waals surface area contributed by atoms with Crippen LogP contribution in [0, 0.1) is 0 Å². The number of aromatic hydroxyl groups is 1. The molecule has 0 amide bonds. The highest BCUT2D eigenvalue weighted by Gasteiger charge is 2.09. The van der Waals surface area contributed by atoms with E-state index in [2.05, 4.69) is 10.2 Å². The molecule has 4 nitrogen and oxygen atoms in total. The fourth-order valence-corrected chi connectivity index (χ4v) is 1.45. The Kier molecular flexibility index (Phi) is 2.05. The number of H-pyrrole nitrogens is 1. The number of halogens is 1. The van der Waals surface area contributed by atoms with Crippen LogP contribution < -0.4 is 5.73 Å². The molecule has 14 heavy (non-hydrogen) atoms. The van der Waals surface area contributed by atoms with E-state index in [1.807, 2.05) is 0 Å². The number of rotatable bonds is 1.